The molecule has 0 aliphatic heterocycles. The molecule has 1 amide bonds. The third-order valence-corrected chi connectivity index (χ3v) is 7.09. The van der Waals surface area contributed by atoms with E-state index in [1.165, 1.54) is 10.6 Å². The topological polar surface area (TPSA) is 79.6 Å². The Labute approximate surface area is 203 Å². The predicted octanol–water partition coefficient (Wildman–Crippen LogP) is 6.11. The highest BCUT2D eigenvalue weighted by atomic mass is 32.2. The monoisotopic (exact) mass is 484 g/mol. The minimum absolute atomic E-state index is 0.175. The summed E-state index contributed by atoms with van der Waals surface area (Å²) in [6.45, 7) is 2.05. The van der Waals surface area contributed by atoms with Crippen LogP contribution >= 0.6 is 0 Å². The van der Waals surface area contributed by atoms with E-state index in [2.05, 4.69) is 5.32 Å². The first-order valence-electron chi connectivity index (χ1n) is 11.1. The van der Waals surface area contributed by atoms with Crippen LogP contribution in [0.4, 0.5) is 11.4 Å². The molecule has 5 rings (SSSR count). The molecule has 7 heteroatoms. The minimum Gasteiger partial charge on any atom is -0.456 e. The molecule has 1 heterocycles. The molecule has 176 valence electrons. The Hall–Kier alpha value is -4.10. The van der Waals surface area contributed by atoms with Crippen LogP contribution in [-0.4, -0.2) is 20.6 Å². The zero-order valence-electron chi connectivity index (χ0n) is 19.4. The number of carbonyl (C=O) groups is 1. The standard InChI is InChI=1S/C28H24N2O4S/c1-19-7-3-5-9-25(19)30(35(2,32)33)18-20-11-13-21(14-12-20)28(31)29-22-15-16-24-23-8-4-6-10-26(23)34-27(24)17-22/h3-17H,18H2,1-2H3,(H,29,31). The molecule has 0 aliphatic rings. The zero-order valence-corrected chi connectivity index (χ0v) is 20.2. The van der Waals surface area contributed by atoms with Gasteiger partial charge < -0.3 is 9.73 Å². The molecule has 0 spiro atoms. The van der Waals surface area contributed by atoms with Crippen LogP contribution in [0.2, 0.25) is 0 Å². The summed E-state index contributed by atoms with van der Waals surface area (Å²) in [5.41, 5.74) is 4.90. The first-order valence-corrected chi connectivity index (χ1v) is 13.0. The second-order valence-electron chi connectivity index (χ2n) is 8.52. The number of amides is 1. The Balaban J connectivity index is 1.34. The van der Waals surface area contributed by atoms with Crippen molar-refractivity contribution in [3.05, 3.63) is 108 Å². The van der Waals surface area contributed by atoms with Crippen LogP contribution in [0, 0.1) is 6.92 Å². The summed E-state index contributed by atoms with van der Waals surface area (Å²) in [6.07, 6.45) is 1.19. The highest BCUT2D eigenvalue weighted by molar-refractivity contribution is 7.92. The van der Waals surface area contributed by atoms with E-state index < -0.39 is 10.0 Å². The van der Waals surface area contributed by atoms with Gasteiger partial charge in [-0.15, -0.1) is 0 Å². The fourth-order valence-corrected chi connectivity index (χ4v) is 5.10. The predicted molar refractivity (Wildman–Crippen MR) is 140 cm³/mol. The van der Waals surface area contributed by atoms with Gasteiger partial charge >= 0.3 is 0 Å². The van der Waals surface area contributed by atoms with Crippen LogP contribution in [0.15, 0.2) is 95.4 Å². The van der Waals surface area contributed by atoms with E-state index in [0.29, 0.717) is 22.5 Å². The Morgan fingerprint density at radius 2 is 1.54 bits per heavy atom. The lowest BCUT2D eigenvalue weighted by molar-refractivity contribution is 0.102. The molecule has 0 bridgehead atoms. The molecule has 0 saturated carbocycles. The molecule has 4 aromatic carbocycles. The molecular weight excluding hydrogens is 460 g/mol. The van der Waals surface area contributed by atoms with Gasteiger partial charge in [-0.05, 0) is 54.4 Å². The van der Waals surface area contributed by atoms with Crippen LogP contribution in [-0.2, 0) is 16.6 Å². The van der Waals surface area contributed by atoms with Gasteiger partial charge in [-0.25, -0.2) is 8.42 Å². The number of fused-ring (bicyclic) bond motifs is 3. The number of furan rings is 1. The summed E-state index contributed by atoms with van der Waals surface area (Å²) in [4.78, 5) is 12.8. The first kappa shape index (κ1) is 22.7. The third-order valence-electron chi connectivity index (χ3n) is 5.96. The van der Waals surface area contributed by atoms with Crippen molar-refractivity contribution >= 4 is 49.2 Å². The molecule has 35 heavy (non-hydrogen) atoms. The summed E-state index contributed by atoms with van der Waals surface area (Å²) in [5.74, 6) is -0.258. The summed E-state index contributed by atoms with van der Waals surface area (Å²) in [7, 11) is -3.49. The number of carbonyl (C=O) groups excluding carboxylic acids is 1. The van der Waals surface area contributed by atoms with Crippen molar-refractivity contribution in [1.82, 2.24) is 0 Å². The highest BCUT2D eigenvalue weighted by Gasteiger charge is 2.19. The quantitative estimate of drug-likeness (QED) is 0.315. The molecule has 0 unspecified atom stereocenters. The Bertz CT molecular complexity index is 1650. The number of nitrogens with zero attached hydrogens (tertiary/aromatic N) is 1. The number of rotatable bonds is 6. The molecule has 1 aromatic heterocycles. The molecule has 0 atom stereocenters. The summed E-state index contributed by atoms with van der Waals surface area (Å²) in [6, 6.07) is 27.7. The van der Waals surface area contributed by atoms with Gasteiger partial charge in [0.15, 0.2) is 0 Å². The van der Waals surface area contributed by atoms with Crippen molar-refractivity contribution in [1.29, 1.82) is 0 Å². The van der Waals surface area contributed by atoms with E-state index in [4.69, 9.17) is 4.42 Å². The molecule has 5 aromatic rings. The van der Waals surface area contributed by atoms with E-state index >= 15 is 0 Å². The molecule has 1 N–H and O–H groups in total. The molecular formula is C28H24N2O4S. The van der Waals surface area contributed by atoms with Crippen LogP contribution < -0.4 is 9.62 Å². The lowest BCUT2D eigenvalue weighted by Gasteiger charge is -2.24. The van der Waals surface area contributed by atoms with E-state index in [1.54, 1.807) is 30.3 Å². The van der Waals surface area contributed by atoms with Gasteiger partial charge in [-0.2, -0.15) is 0 Å². The summed E-state index contributed by atoms with van der Waals surface area (Å²) >= 11 is 0. The molecule has 0 aliphatic carbocycles. The SMILES string of the molecule is Cc1ccccc1N(Cc1ccc(C(=O)Nc2ccc3c(c2)oc2ccccc23)cc1)S(C)(=O)=O. The maximum Gasteiger partial charge on any atom is 0.255 e. The van der Waals surface area contributed by atoms with E-state index in [1.807, 2.05) is 67.6 Å². The number of benzene rings is 4. The second kappa shape index (κ2) is 8.92. The number of aryl methyl sites for hydroxylation is 1. The van der Waals surface area contributed by atoms with Gasteiger partial charge in [-0.1, -0.05) is 48.5 Å². The average molecular weight is 485 g/mol. The zero-order chi connectivity index (χ0) is 24.6. The fraction of sp³-hybridized carbons (Fsp3) is 0.107. The van der Waals surface area contributed by atoms with Crippen molar-refractivity contribution in [2.45, 2.75) is 13.5 Å². The van der Waals surface area contributed by atoms with E-state index in [9.17, 15) is 13.2 Å². The van der Waals surface area contributed by atoms with Gasteiger partial charge in [0.25, 0.3) is 5.91 Å². The van der Waals surface area contributed by atoms with E-state index in [-0.39, 0.29) is 12.5 Å². The molecule has 0 radical (unpaired) electrons. The number of anilines is 2. The lowest BCUT2D eigenvalue weighted by atomic mass is 10.1. The van der Waals surface area contributed by atoms with Gasteiger partial charge in [0.05, 0.1) is 18.5 Å². The highest BCUT2D eigenvalue weighted by Crippen LogP contribution is 2.30. The Morgan fingerprint density at radius 1 is 0.857 bits per heavy atom. The van der Waals surface area contributed by atoms with Crippen molar-refractivity contribution in [2.24, 2.45) is 0 Å². The van der Waals surface area contributed by atoms with Crippen LogP contribution in [0.3, 0.4) is 0 Å². The fourth-order valence-electron chi connectivity index (χ4n) is 4.16. The van der Waals surface area contributed by atoms with Gasteiger partial charge in [0.2, 0.25) is 10.0 Å². The van der Waals surface area contributed by atoms with Gasteiger partial charge in [-0.3, -0.25) is 9.10 Å². The molecule has 0 saturated heterocycles. The normalized spacial score (nSPS) is 11.6. The minimum atomic E-state index is -3.49. The number of para-hydroxylation sites is 2. The van der Waals surface area contributed by atoms with Gasteiger partial charge in [0, 0.05) is 28.1 Å². The van der Waals surface area contributed by atoms with Crippen LogP contribution in [0.25, 0.3) is 21.9 Å². The number of hydrogen-bond acceptors (Lipinski definition) is 4. The van der Waals surface area contributed by atoms with Crippen molar-refractivity contribution < 1.29 is 17.6 Å². The smallest absolute Gasteiger partial charge is 0.255 e. The van der Waals surface area contributed by atoms with Crippen LogP contribution in [0.5, 0.6) is 0 Å². The number of sulfonamides is 1. The van der Waals surface area contributed by atoms with Crippen molar-refractivity contribution in [3.8, 4) is 0 Å². The van der Waals surface area contributed by atoms with Crippen molar-refractivity contribution in [3.63, 3.8) is 0 Å². The van der Waals surface area contributed by atoms with Crippen LogP contribution in [0.1, 0.15) is 21.5 Å². The van der Waals surface area contributed by atoms with Gasteiger partial charge in [0.1, 0.15) is 11.2 Å². The third kappa shape index (κ3) is 4.63. The lowest BCUT2D eigenvalue weighted by Crippen LogP contribution is -2.29. The number of nitrogens with one attached hydrogen (secondary N) is 1. The first-order chi connectivity index (χ1) is 16.8. The average Bonchev–Trinajstić information content (AvgIpc) is 3.20. The van der Waals surface area contributed by atoms with Crippen molar-refractivity contribution in [2.75, 3.05) is 15.9 Å². The number of hydrogen-bond donors (Lipinski definition) is 1. The molecule has 6 nitrogen and oxygen atoms in total. The Kier molecular flexibility index (Phi) is 5.78. The summed E-state index contributed by atoms with van der Waals surface area (Å²) < 4.78 is 32.2. The molecule has 0 fully saturated rings. The largest absolute Gasteiger partial charge is 0.456 e. The Morgan fingerprint density at radius 3 is 2.29 bits per heavy atom. The van der Waals surface area contributed by atoms with E-state index in [0.717, 1.165) is 27.5 Å². The maximum absolute atomic E-state index is 12.8. The second-order valence-corrected chi connectivity index (χ2v) is 10.4. The summed E-state index contributed by atoms with van der Waals surface area (Å²) in [5, 5.41) is 4.93. The maximum atomic E-state index is 12.8.